The lowest BCUT2D eigenvalue weighted by molar-refractivity contribution is 0.310. The summed E-state index contributed by atoms with van der Waals surface area (Å²) >= 11 is 3.34. The van der Waals surface area contributed by atoms with Crippen LogP contribution in [0.3, 0.4) is 0 Å². The standard InChI is InChI=1S/C23H21N3S2/c1-26-12-11-20-19(16-26)22(21-10-6-13-27-21)18(15-24)23(25-20)28-14-5-9-17-7-3-2-4-8-17/h2-10,13H,11-12,14,16H2,1H3. The van der Waals surface area contributed by atoms with E-state index in [9.17, 15) is 5.26 Å². The summed E-state index contributed by atoms with van der Waals surface area (Å²) in [7, 11) is 2.13. The van der Waals surface area contributed by atoms with Crippen molar-refractivity contribution in [2.24, 2.45) is 0 Å². The summed E-state index contributed by atoms with van der Waals surface area (Å²) in [6, 6.07) is 16.9. The third-order valence-electron chi connectivity index (χ3n) is 4.81. The first kappa shape index (κ1) is 18.9. The number of fused-ring (bicyclic) bond motifs is 1. The Morgan fingerprint density at radius 3 is 2.86 bits per heavy atom. The minimum atomic E-state index is 0.717. The summed E-state index contributed by atoms with van der Waals surface area (Å²) in [5.74, 6) is 0.791. The molecule has 4 rings (SSSR count). The van der Waals surface area contributed by atoms with Gasteiger partial charge >= 0.3 is 0 Å². The lowest BCUT2D eigenvalue weighted by atomic mass is 9.96. The number of thioether (sulfide) groups is 1. The molecule has 1 aliphatic heterocycles. The fourth-order valence-corrected chi connectivity index (χ4v) is 5.07. The van der Waals surface area contributed by atoms with Crippen molar-refractivity contribution >= 4 is 29.2 Å². The average Bonchev–Trinajstić information content (AvgIpc) is 3.25. The Labute approximate surface area is 174 Å². The van der Waals surface area contributed by atoms with Crippen molar-refractivity contribution in [1.82, 2.24) is 9.88 Å². The Morgan fingerprint density at radius 2 is 2.11 bits per heavy atom. The van der Waals surface area contributed by atoms with E-state index in [0.29, 0.717) is 0 Å². The van der Waals surface area contributed by atoms with E-state index in [1.165, 1.54) is 11.1 Å². The molecule has 0 atom stereocenters. The molecule has 0 fully saturated rings. The van der Waals surface area contributed by atoms with E-state index in [-0.39, 0.29) is 0 Å². The van der Waals surface area contributed by atoms with E-state index in [1.807, 2.05) is 18.2 Å². The minimum absolute atomic E-state index is 0.717. The normalized spacial score (nSPS) is 14.1. The van der Waals surface area contributed by atoms with Gasteiger partial charge in [-0.05, 0) is 29.6 Å². The van der Waals surface area contributed by atoms with Crippen LogP contribution in [0.5, 0.6) is 0 Å². The van der Waals surface area contributed by atoms with Crippen LogP contribution in [-0.2, 0) is 13.0 Å². The molecular weight excluding hydrogens is 382 g/mol. The van der Waals surface area contributed by atoms with Gasteiger partial charge in [-0.25, -0.2) is 4.98 Å². The first-order chi connectivity index (χ1) is 13.8. The molecule has 0 unspecified atom stereocenters. The number of benzene rings is 1. The SMILES string of the molecule is CN1CCc2nc(SCC=Cc3ccccc3)c(C#N)c(-c3cccs3)c2C1. The largest absolute Gasteiger partial charge is 0.302 e. The number of nitrogens with zero attached hydrogens (tertiary/aromatic N) is 3. The van der Waals surface area contributed by atoms with Crippen LogP contribution in [0.1, 0.15) is 22.4 Å². The molecule has 0 bridgehead atoms. The molecule has 28 heavy (non-hydrogen) atoms. The molecule has 0 radical (unpaired) electrons. The second-order valence-corrected chi connectivity index (χ2v) is 8.75. The maximum atomic E-state index is 9.97. The lowest BCUT2D eigenvalue weighted by Crippen LogP contribution is -2.28. The fourth-order valence-electron chi connectivity index (χ4n) is 3.45. The summed E-state index contributed by atoms with van der Waals surface area (Å²) in [5, 5.41) is 12.9. The predicted molar refractivity (Wildman–Crippen MR) is 119 cm³/mol. The third kappa shape index (κ3) is 4.05. The van der Waals surface area contributed by atoms with Crippen molar-refractivity contribution in [1.29, 1.82) is 5.26 Å². The van der Waals surface area contributed by atoms with Gasteiger partial charge in [0, 0.05) is 41.4 Å². The van der Waals surface area contributed by atoms with Crippen LogP contribution < -0.4 is 0 Å². The molecule has 0 saturated heterocycles. The zero-order valence-corrected chi connectivity index (χ0v) is 17.4. The van der Waals surface area contributed by atoms with Gasteiger partial charge in [-0.1, -0.05) is 48.6 Å². The third-order valence-corrected chi connectivity index (χ3v) is 6.63. The number of pyridine rings is 1. The van der Waals surface area contributed by atoms with Gasteiger partial charge in [0.2, 0.25) is 0 Å². The predicted octanol–water partition coefficient (Wildman–Crippen LogP) is 5.48. The molecule has 2 aromatic heterocycles. The second-order valence-electron chi connectivity index (χ2n) is 6.79. The average molecular weight is 404 g/mol. The molecule has 0 amide bonds. The highest BCUT2D eigenvalue weighted by Crippen LogP contribution is 2.38. The van der Waals surface area contributed by atoms with Gasteiger partial charge in [0.1, 0.15) is 11.1 Å². The number of likely N-dealkylation sites (N-methyl/N-ethyl adjacent to an activating group) is 1. The smallest absolute Gasteiger partial charge is 0.115 e. The Hall–Kier alpha value is -2.39. The number of thiophene rings is 1. The van der Waals surface area contributed by atoms with E-state index in [2.05, 4.69) is 59.8 Å². The van der Waals surface area contributed by atoms with E-state index in [0.717, 1.165) is 52.0 Å². The number of aromatic nitrogens is 1. The van der Waals surface area contributed by atoms with Gasteiger partial charge in [0.15, 0.2) is 0 Å². The lowest BCUT2D eigenvalue weighted by Gasteiger charge is -2.27. The maximum Gasteiger partial charge on any atom is 0.115 e. The maximum absolute atomic E-state index is 9.97. The van der Waals surface area contributed by atoms with Crippen LogP contribution in [0.25, 0.3) is 16.5 Å². The van der Waals surface area contributed by atoms with Crippen molar-refractivity contribution in [2.75, 3.05) is 19.3 Å². The molecule has 5 heteroatoms. The Bertz CT molecular complexity index is 1020. The van der Waals surface area contributed by atoms with Gasteiger partial charge in [-0.2, -0.15) is 5.26 Å². The van der Waals surface area contributed by atoms with Gasteiger partial charge in [-0.15, -0.1) is 23.1 Å². The number of hydrogen-bond donors (Lipinski definition) is 0. The van der Waals surface area contributed by atoms with Crippen molar-refractivity contribution in [3.8, 4) is 16.5 Å². The monoisotopic (exact) mass is 403 g/mol. The molecular formula is C23H21N3S2. The zero-order chi connectivity index (χ0) is 19.3. The molecule has 1 aromatic carbocycles. The molecule has 3 aromatic rings. The Morgan fingerprint density at radius 1 is 1.25 bits per heavy atom. The second kappa shape index (κ2) is 8.74. The van der Waals surface area contributed by atoms with E-state index < -0.39 is 0 Å². The first-order valence-electron chi connectivity index (χ1n) is 9.29. The summed E-state index contributed by atoms with van der Waals surface area (Å²) < 4.78 is 0. The minimum Gasteiger partial charge on any atom is -0.302 e. The van der Waals surface area contributed by atoms with E-state index in [4.69, 9.17) is 4.98 Å². The number of rotatable bonds is 5. The van der Waals surface area contributed by atoms with Gasteiger partial charge in [0.25, 0.3) is 0 Å². The van der Waals surface area contributed by atoms with Crippen LogP contribution >= 0.6 is 23.1 Å². The fraction of sp³-hybridized carbons (Fsp3) is 0.217. The summed E-state index contributed by atoms with van der Waals surface area (Å²) in [5.41, 5.74) is 5.36. The van der Waals surface area contributed by atoms with Crippen molar-refractivity contribution in [3.05, 3.63) is 76.3 Å². The van der Waals surface area contributed by atoms with Crippen LogP contribution in [0.2, 0.25) is 0 Å². The number of hydrogen-bond acceptors (Lipinski definition) is 5. The summed E-state index contributed by atoms with van der Waals surface area (Å²) in [6.07, 6.45) is 5.19. The van der Waals surface area contributed by atoms with Gasteiger partial charge in [-0.3, -0.25) is 0 Å². The molecule has 140 valence electrons. The quantitative estimate of drug-likeness (QED) is 0.529. The molecule has 0 aliphatic carbocycles. The van der Waals surface area contributed by atoms with Crippen LogP contribution in [0, 0.1) is 11.3 Å². The van der Waals surface area contributed by atoms with Gasteiger partial charge < -0.3 is 4.90 Å². The first-order valence-corrected chi connectivity index (χ1v) is 11.2. The van der Waals surface area contributed by atoms with Crippen LogP contribution in [0.4, 0.5) is 0 Å². The van der Waals surface area contributed by atoms with E-state index >= 15 is 0 Å². The Kier molecular flexibility index (Phi) is 5.92. The number of nitriles is 1. The topological polar surface area (TPSA) is 39.9 Å². The molecule has 0 N–H and O–H groups in total. The molecule has 1 aliphatic rings. The van der Waals surface area contributed by atoms with Crippen LogP contribution in [-0.4, -0.2) is 29.2 Å². The molecule has 0 saturated carbocycles. The van der Waals surface area contributed by atoms with Crippen LogP contribution in [0.15, 0.2) is 58.9 Å². The van der Waals surface area contributed by atoms with Crippen molar-refractivity contribution in [3.63, 3.8) is 0 Å². The van der Waals surface area contributed by atoms with Gasteiger partial charge in [0.05, 0.1) is 5.56 Å². The summed E-state index contributed by atoms with van der Waals surface area (Å²) in [4.78, 5) is 8.38. The Balaban J connectivity index is 1.67. The zero-order valence-electron chi connectivity index (χ0n) is 15.8. The highest BCUT2D eigenvalue weighted by atomic mass is 32.2. The molecule has 3 nitrogen and oxygen atoms in total. The molecule has 0 spiro atoms. The van der Waals surface area contributed by atoms with Crippen molar-refractivity contribution < 1.29 is 0 Å². The highest BCUT2D eigenvalue weighted by molar-refractivity contribution is 7.99. The van der Waals surface area contributed by atoms with E-state index in [1.54, 1.807) is 23.1 Å². The molecule has 3 heterocycles. The highest BCUT2D eigenvalue weighted by Gasteiger charge is 2.25. The van der Waals surface area contributed by atoms with Crippen molar-refractivity contribution in [2.45, 2.75) is 18.0 Å². The summed E-state index contributed by atoms with van der Waals surface area (Å²) in [6.45, 7) is 1.86.